The molecule has 78 heavy (non-hydrogen) atoms. The van der Waals surface area contributed by atoms with Crippen molar-refractivity contribution in [3.8, 4) is 44.5 Å². The van der Waals surface area contributed by atoms with Crippen molar-refractivity contribution in [3.63, 3.8) is 0 Å². The molecule has 8 aromatic rings. The molecule has 12 rings (SSSR count). The van der Waals surface area contributed by atoms with Crippen LogP contribution in [0.15, 0.2) is 194 Å². The van der Waals surface area contributed by atoms with Gasteiger partial charge in [0, 0.05) is 47.7 Å². The van der Waals surface area contributed by atoms with Crippen LogP contribution in [-0.4, -0.2) is 48.6 Å². The molecule has 0 fully saturated rings. The van der Waals surface area contributed by atoms with Crippen molar-refractivity contribution in [1.82, 2.24) is 0 Å². The Morgan fingerprint density at radius 2 is 0.500 bits per heavy atom. The van der Waals surface area contributed by atoms with Crippen LogP contribution in [0.3, 0.4) is 0 Å². The van der Waals surface area contributed by atoms with Crippen molar-refractivity contribution in [2.75, 3.05) is 26.4 Å². The lowest BCUT2D eigenvalue weighted by molar-refractivity contribution is -0.144. The van der Waals surface area contributed by atoms with Crippen LogP contribution in [0.2, 0.25) is 0 Å². The van der Waals surface area contributed by atoms with Crippen LogP contribution >= 0.6 is 0 Å². The molecule has 0 spiro atoms. The molecular formula is C72H72O6. The molecule has 2 N–H and O–H groups in total. The zero-order valence-electron chi connectivity index (χ0n) is 45.3. The Kier molecular flexibility index (Phi) is 15.2. The molecule has 0 unspecified atom stereocenters. The molecule has 0 radical (unpaired) electrons. The third-order valence-electron chi connectivity index (χ3n) is 18.3. The van der Waals surface area contributed by atoms with Gasteiger partial charge in [0.25, 0.3) is 0 Å². The molecule has 6 nitrogen and oxygen atoms in total. The SMILES string of the molecule is CCOC(=O)CCC1(CCC2(CCC(=O)OCC)c3ccccc3-c3ccccc32)c2ccccc2-c2ccccc21.OCCCC1(CCC2(CCCO)c3ccccc3-c3ccccc32)c2ccccc2-c2ccccc21. The molecule has 8 aromatic carbocycles. The molecule has 0 saturated heterocycles. The summed E-state index contributed by atoms with van der Waals surface area (Å²) in [5, 5.41) is 19.8. The third-order valence-corrected chi connectivity index (χ3v) is 18.3. The van der Waals surface area contributed by atoms with Crippen molar-refractivity contribution in [3.05, 3.63) is 239 Å². The first-order valence-electron chi connectivity index (χ1n) is 28.6. The van der Waals surface area contributed by atoms with E-state index in [-0.39, 0.29) is 46.8 Å². The maximum Gasteiger partial charge on any atom is 0.305 e. The quantitative estimate of drug-likeness (QED) is 0.0739. The van der Waals surface area contributed by atoms with E-state index in [2.05, 4.69) is 194 Å². The Bertz CT molecular complexity index is 3050. The maximum atomic E-state index is 12.8. The number of esters is 2. The van der Waals surface area contributed by atoms with E-state index in [0.717, 1.165) is 51.4 Å². The predicted molar refractivity (Wildman–Crippen MR) is 313 cm³/mol. The Morgan fingerprint density at radius 1 is 0.308 bits per heavy atom. The highest BCUT2D eigenvalue weighted by Gasteiger charge is 2.50. The number of aliphatic hydroxyl groups is 2. The van der Waals surface area contributed by atoms with Gasteiger partial charge in [0.15, 0.2) is 0 Å². The monoisotopic (exact) mass is 1030 g/mol. The van der Waals surface area contributed by atoms with Crippen molar-refractivity contribution < 1.29 is 29.3 Å². The first-order valence-corrected chi connectivity index (χ1v) is 28.6. The molecule has 0 aliphatic heterocycles. The molecule has 0 heterocycles. The van der Waals surface area contributed by atoms with E-state index in [0.29, 0.717) is 38.9 Å². The second kappa shape index (κ2) is 22.5. The van der Waals surface area contributed by atoms with E-state index < -0.39 is 0 Å². The van der Waals surface area contributed by atoms with Crippen molar-refractivity contribution >= 4 is 11.9 Å². The molecule has 4 aliphatic rings. The van der Waals surface area contributed by atoms with Crippen molar-refractivity contribution in [2.45, 2.75) is 113 Å². The Balaban J connectivity index is 0.000000167. The number of aliphatic hydroxyl groups excluding tert-OH is 2. The average molecular weight is 1030 g/mol. The molecule has 0 atom stereocenters. The largest absolute Gasteiger partial charge is 0.466 e. The summed E-state index contributed by atoms with van der Waals surface area (Å²) >= 11 is 0. The number of hydrogen-bond donors (Lipinski definition) is 2. The lowest BCUT2D eigenvalue weighted by Gasteiger charge is -2.39. The molecule has 4 aliphatic carbocycles. The molecule has 6 heteroatoms. The van der Waals surface area contributed by atoms with Crippen LogP contribution in [0.1, 0.15) is 135 Å². The summed E-state index contributed by atoms with van der Waals surface area (Å²) in [6, 6.07) is 70.1. The highest BCUT2D eigenvalue weighted by molar-refractivity contribution is 5.85. The van der Waals surface area contributed by atoms with Crippen molar-refractivity contribution in [2.24, 2.45) is 0 Å². The summed E-state index contributed by atoms with van der Waals surface area (Å²) in [7, 11) is 0. The molecule has 0 saturated carbocycles. The van der Waals surface area contributed by atoms with Gasteiger partial charge in [-0.1, -0.05) is 194 Å². The molecular weight excluding hydrogens is 961 g/mol. The minimum absolute atomic E-state index is 0.130. The van der Waals surface area contributed by atoms with E-state index in [1.165, 1.54) is 89.0 Å². The van der Waals surface area contributed by atoms with Gasteiger partial charge in [-0.25, -0.2) is 0 Å². The second-order valence-electron chi connectivity index (χ2n) is 22.0. The zero-order chi connectivity index (χ0) is 53.7. The summed E-state index contributed by atoms with van der Waals surface area (Å²) in [5.74, 6) is -0.320. The number of benzene rings is 8. The lowest BCUT2D eigenvalue weighted by atomic mass is 9.64. The van der Waals surface area contributed by atoms with E-state index in [1.54, 1.807) is 0 Å². The molecule has 0 aromatic heterocycles. The standard InChI is InChI=1S/C38H38O4.C34H34O2/c1-3-41-35(39)21-23-37(31-17-9-5-13-27(31)28-14-6-10-18-32(28)37)25-26-38(24-22-36(40)42-4-2)33-19-11-7-15-29(33)30-16-8-12-20-34(30)38;35-23-9-19-33(29-15-5-1-11-25(29)26-12-2-6-16-30(26)33)21-22-34(20-10-24-36)31-17-7-3-13-27(31)28-14-4-8-18-32(28)34/h5-20H,3-4,21-26H2,1-2H3;1-8,11-18,35-36H,9-10,19-24H2. The highest BCUT2D eigenvalue weighted by Crippen LogP contribution is 2.61. The number of carbonyl (C=O) groups excluding carboxylic acids is 2. The van der Waals surface area contributed by atoms with E-state index in [9.17, 15) is 19.8 Å². The fraction of sp³-hybridized carbons (Fsp3) is 0.306. The van der Waals surface area contributed by atoms with Crippen LogP contribution < -0.4 is 0 Å². The number of ether oxygens (including phenoxy) is 2. The minimum Gasteiger partial charge on any atom is -0.466 e. The third kappa shape index (κ3) is 9.01. The normalized spacial score (nSPS) is 15.2. The van der Waals surface area contributed by atoms with Gasteiger partial charge in [-0.3, -0.25) is 9.59 Å². The van der Waals surface area contributed by atoms with Crippen LogP contribution in [0, 0.1) is 0 Å². The number of rotatable bonds is 20. The average Bonchev–Trinajstić information content (AvgIpc) is 4.36. The van der Waals surface area contributed by atoms with Gasteiger partial charge in [-0.2, -0.15) is 0 Å². The van der Waals surface area contributed by atoms with Gasteiger partial charge in [0.2, 0.25) is 0 Å². The fourth-order valence-electron chi connectivity index (χ4n) is 15.0. The van der Waals surface area contributed by atoms with Crippen molar-refractivity contribution in [1.29, 1.82) is 0 Å². The zero-order valence-corrected chi connectivity index (χ0v) is 45.3. The molecule has 396 valence electrons. The number of hydrogen-bond acceptors (Lipinski definition) is 6. The Labute approximate surface area is 461 Å². The number of carbonyl (C=O) groups is 2. The maximum absolute atomic E-state index is 12.8. The molecule has 0 bridgehead atoms. The predicted octanol–water partition coefficient (Wildman–Crippen LogP) is 15.6. The first-order chi connectivity index (χ1) is 38.3. The van der Waals surface area contributed by atoms with Crippen LogP contribution in [0.4, 0.5) is 0 Å². The summed E-state index contributed by atoms with van der Waals surface area (Å²) in [4.78, 5) is 25.6. The van der Waals surface area contributed by atoms with Gasteiger partial charge < -0.3 is 19.7 Å². The Hall–Kier alpha value is -7.38. The lowest BCUT2D eigenvalue weighted by Crippen LogP contribution is -2.33. The van der Waals surface area contributed by atoms with Gasteiger partial charge in [0.05, 0.1) is 13.2 Å². The second-order valence-corrected chi connectivity index (χ2v) is 22.0. The first kappa shape index (κ1) is 52.7. The summed E-state index contributed by atoms with van der Waals surface area (Å²) in [5.41, 5.74) is 20.0. The van der Waals surface area contributed by atoms with Crippen LogP contribution in [0.5, 0.6) is 0 Å². The number of fused-ring (bicyclic) bond motifs is 12. The van der Waals surface area contributed by atoms with Crippen LogP contribution in [-0.2, 0) is 40.7 Å². The van der Waals surface area contributed by atoms with E-state index in [4.69, 9.17) is 9.47 Å². The summed E-state index contributed by atoms with van der Waals surface area (Å²) in [6.07, 6.45) is 9.07. The summed E-state index contributed by atoms with van der Waals surface area (Å²) in [6.45, 7) is 4.88. The molecule has 0 amide bonds. The fourth-order valence-corrected chi connectivity index (χ4v) is 15.0. The summed E-state index contributed by atoms with van der Waals surface area (Å²) < 4.78 is 10.8. The minimum atomic E-state index is -0.358. The van der Waals surface area contributed by atoms with Gasteiger partial charge >= 0.3 is 11.9 Å². The van der Waals surface area contributed by atoms with E-state index in [1.807, 2.05) is 13.8 Å². The van der Waals surface area contributed by atoms with Gasteiger partial charge in [-0.15, -0.1) is 0 Å². The highest BCUT2D eigenvalue weighted by atomic mass is 16.5. The smallest absolute Gasteiger partial charge is 0.305 e. The van der Waals surface area contributed by atoms with Crippen LogP contribution in [0.25, 0.3) is 44.5 Å². The Morgan fingerprint density at radius 3 is 0.692 bits per heavy atom. The van der Waals surface area contributed by atoms with E-state index >= 15 is 0 Å². The van der Waals surface area contributed by atoms with Gasteiger partial charge in [-0.05, 0) is 167 Å². The topological polar surface area (TPSA) is 93.1 Å². The van der Waals surface area contributed by atoms with Gasteiger partial charge in [0.1, 0.15) is 0 Å².